The fourth-order valence-corrected chi connectivity index (χ4v) is 4.32. The summed E-state index contributed by atoms with van der Waals surface area (Å²) in [6, 6.07) is 13.0. The third kappa shape index (κ3) is 3.05. The highest BCUT2D eigenvalue weighted by Crippen LogP contribution is 2.42. The Labute approximate surface area is 154 Å². The number of aryl methyl sites for hydroxylation is 1. The van der Waals surface area contributed by atoms with Gasteiger partial charge in [0.25, 0.3) is 0 Å². The van der Waals surface area contributed by atoms with E-state index in [4.69, 9.17) is 0 Å². The topological polar surface area (TPSA) is 12.5 Å². The lowest BCUT2D eigenvalue weighted by Gasteiger charge is -2.47. The molecule has 0 N–H and O–H groups in total. The minimum atomic E-state index is -0.628. The van der Waals surface area contributed by atoms with Gasteiger partial charge in [-0.05, 0) is 78.6 Å². The lowest BCUT2D eigenvalue weighted by molar-refractivity contribution is -0.278. The van der Waals surface area contributed by atoms with Crippen LogP contribution in [0.5, 0.6) is 0 Å². The van der Waals surface area contributed by atoms with Gasteiger partial charge in [0, 0.05) is 30.3 Å². The molecule has 3 heteroatoms. The standard InChI is InChI=1S/C23H24FNO/c1-16-5-4-6-18(13-16)7-8-19-9-10-21-20(17(19)2)11-12-22(21)25-14-23(3,15-25)26-24/h4-6,9-10,13,22H,11-12,14-15H2,1-3H3. The molecule has 4 rings (SSSR count). The monoisotopic (exact) mass is 349 g/mol. The van der Waals surface area contributed by atoms with Crippen molar-refractivity contribution in [2.45, 2.75) is 45.3 Å². The second kappa shape index (κ2) is 6.54. The Morgan fingerprint density at radius 1 is 1.15 bits per heavy atom. The van der Waals surface area contributed by atoms with E-state index in [1.807, 2.05) is 19.1 Å². The molecule has 0 aromatic heterocycles. The first kappa shape index (κ1) is 17.3. The van der Waals surface area contributed by atoms with Crippen molar-refractivity contribution in [2.75, 3.05) is 13.1 Å². The van der Waals surface area contributed by atoms with Gasteiger partial charge in [-0.2, -0.15) is 4.94 Å². The van der Waals surface area contributed by atoms with Crippen molar-refractivity contribution in [1.29, 1.82) is 0 Å². The summed E-state index contributed by atoms with van der Waals surface area (Å²) in [5, 5.41) is 0. The molecule has 134 valence electrons. The molecule has 2 aromatic carbocycles. The number of fused-ring (bicyclic) bond motifs is 1. The number of rotatable bonds is 2. The average Bonchev–Trinajstić information content (AvgIpc) is 3.03. The van der Waals surface area contributed by atoms with E-state index in [1.165, 1.54) is 22.3 Å². The maximum Gasteiger partial charge on any atom is 0.131 e. The summed E-state index contributed by atoms with van der Waals surface area (Å²) in [7, 11) is 0. The van der Waals surface area contributed by atoms with Crippen molar-refractivity contribution >= 4 is 0 Å². The van der Waals surface area contributed by atoms with Crippen LogP contribution in [0.1, 0.15) is 52.8 Å². The SMILES string of the molecule is Cc1cccc(C#Cc2ccc3c(c2C)CCC3N2CC(C)(OF)C2)c1. The first-order valence-electron chi connectivity index (χ1n) is 9.24. The summed E-state index contributed by atoms with van der Waals surface area (Å²) in [5.74, 6) is 6.64. The van der Waals surface area contributed by atoms with Gasteiger partial charge in [0.2, 0.25) is 0 Å². The van der Waals surface area contributed by atoms with Crippen LogP contribution in [-0.2, 0) is 11.4 Å². The van der Waals surface area contributed by atoms with Crippen LogP contribution in [0.25, 0.3) is 0 Å². The molecule has 1 aliphatic carbocycles. The van der Waals surface area contributed by atoms with Crippen molar-refractivity contribution < 1.29 is 9.47 Å². The minimum absolute atomic E-state index is 0.380. The third-order valence-electron chi connectivity index (χ3n) is 5.72. The molecule has 1 atom stereocenters. The highest BCUT2D eigenvalue weighted by atomic mass is 19.3. The molecule has 0 bridgehead atoms. The van der Waals surface area contributed by atoms with Crippen molar-refractivity contribution in [3.05, 3.63) is 69.8 Å². The molecule has 1 aliphatic heterocycles. The Balaban J connectivity index is 1.57. The molecule has 0 radical (unpaired) electrons. The molecule has 0 spiro atoms. The quantitative estimate of drug-likeness (QED) is 0.731. The Hall–Kier alpha value is -2.15. The first-order chi connectivity index (χ1) is 12.5. The zero-order valence-corrected chi connectivity index (χ0v) is 15.6. The lowest BCUT2D eigenvalue weighted by Crippen LogP contribution is -2.60. The highest BCUT2D eigenvalue weighted by molar-refractivity contribution is 5.53. The van der Waals surface area contributed by atoms with Crippen LogP contribution >= 0.6 is 0 Å². The predicted octanol–water partition coefficient (Wildman–Crippen LogP) is 4.67. The van der Waals surface area contributed by atoms with Gasteiger partial charge in [0.15, 0.2) is 0 Å². The molecule has 0 amide bonds. The van der Waals surface area contributed by atoms with Gasteiger partial charge in [0.1, 0.15) is 5.60 Å². The average molecular weight is 349 g/mol. The predicted molar refractivity (Wildman–Crippen MR) is 102 cm³/mol. The molecule has 2 nitrogen and oxygen atoms in total. The first-order valence-corrected chi connectivity index (χ1v) is 9.24. The summed E-state index contributed by atoms with van der Waals surface area (Å²) in [6.07, 6.45) is 2.16. The summed E-state index contributed by atoms with van der Waals surface area (Å²) in [4.78, 5) is 6.44. The number of hydrogen-bond donors (Lipinski definition) is 0. The third-order valence-corrected chi connectivity index (χ3v) is 5.72. The van der Waals surface area contributed by atoms with Gasteiger partial charge in [-0.15, -0.1) is 0 Å². The number of hydrogen-bond acceptors (Lipinski definition) is 2. The second-order valence-electron chi connectivity index (χ2n) is 7.91. The molecule has 1 heterocycles. The van der Waals surface area contributed by atoms with Gasteiger partial charge in [-0.3, -0.25) is 4.90 Å². The normalized spacial score (nSPS) is 20.8. The van der Waals surface area contributed by atoms with E-state index in [1.54, 1.807) is 0 Å². The Morgan fingerprint density at radius 2 is 1.96 bits per heavy atom. The van der Waals surface area contributed by atoms with Crippen LogP contribution in [0.2, 0.25) is 0 Å². The fourth-order valence-electron chi connectivity index (χ4n) is 4.32. The zero-order chi connectivity index (χ0) is 18.3. The fraction of sp³-hybridized carbons (Fsp3) is 0.391. The van der Waals surface area contributed by atoms with Crippen molar-refractivity contribution in [2.24, 2.45) is 0 Å². The minimum Gasteiger partial charge on any atom is -0.290 e. The van der Waals surface area contributed by atoms with Crippen molar-refractivity contribution in [3.63, 3.8) is 0 Å². The van der Waals surface area contributed by atoms with Gasteiger partial charge >= 0.3 is 0 Å². The van der Waals surface area contributed by atoms with Crippen molar-refractivity contribution in [1.82, 2.24) is 4.90 Å². The molecule has 1 saturated heterocycles. The number of likely N-dealkylation sites (tertiary alicyclic amines) is 1. The highest BCUT2D eigenvalue weighted by Gasteiger charge is 2.46. The molecule has 1 unspecified atom stereocenters. The van der Waals surface area contributed by atoms with Gasteiger partial charge in [0.05, 0.1) is 0 Å². The van der Waals surface area contributed by atoms with E-state index in [9.17, 15) is 4.53 Å². The van der Waals surface area contributed by atoms with Gasteiger partial charge in [-0.25, -0.2) is 0 Å². The van der Waals surface area contributed by atoms with Crippen LogP contribution in [0.3, 0.4) is 0 Å². The largest absolute Gasteiger partial charge is 0.290 e. The summed E-state index contributed by atoms with van der Waals surface area (Å²) < 4.78 is 12.6. The van der Waals surface area contributed by atoms with E-state index in [-0.39, 0.29) is 0 Å². The molecule has 0 saturated carbocycles. The van der Waals surface area contributed by atoms with Crippen LogP contribution in [0.4, 0.5) is 4.53 Å². The van der Waals surface area contributed by atoms with Crippen LogP contribution in [-0.4, -0.2) is 23.6 Å². The van der Waals surface area contributed by atoms with Crippen molar-refractivity contribution in [3.8, 4) is 11.8 Å². The zero-order valence-electron chi connectivity index (χ0n) is 15.6. The molecule has 2 aromatic rings. The maximum atomic E-state index is 12.6. The van der Waals surface area contributed by atoms with Crippen LogP contribution in [0.15, 0.2) is 36.4 Å². The molecule has 26 heavy (non-hydrogen) atoms. The Bertz CT molecular complexity index is 902. The van der Waals surface area contributed by atoms with Gasteiger partial charge in [-0.1, -0.05) is 30.0 Å². The number of nitrogens with zero attached hydrogens (tertiary/aromatic N) is 1. The lowest BCUT2D eigenvalue weighted by atomic mass is 9.91. The smallest absolute Gasteiger partial charge is 0.131 e. The van der Waals surface area contributed by atoms with Crippen LogP contribution < -0.4 is 0 Å². The number of halogens is 1. The molecule has 2 aliphatic rings. The maximum absolute atomic E-state index is 12.6. The molecular formula is C23H24FNO. The van der Waals surface area contributed by atoms with E-state index in [2.05, 4.69) is 59.8 Å². The Morgan fingerprint density at radius 3 is 2.69 bits per heavy atom. The molecule has 1 fully saturated rings. The van der Waals surface area contributed by atoms with E-state index in [0.717, 1.165) is 24.0 Å². The summed E-state index contributed by atoms with van der Waals surface area (Å²) in [6.45, 7) is 7.39. The van der Waals surface area contributed by atoms with E-state index in [0.29, 0.717) is 19.1 Å². The van der Waals surface area contributed by atoms with E-state index >= 15 is 0 Å². The second-order valence-corrected chi connectivity index (χ2v) is 7.91. The summed E-state index contributed by atoms with van der Waals surface area (Å²) >= 11 is 0. The molecular weight excluding hydrogens is 325 g/mol. The number of benzene rings is 2. The van der Waals surface area contributed by atoms with E-state index < -0.39 is 5.60 Å². The summed E-state index contributed by atoms with van der Waals surface area (Å²) in [5.41, 5.74) is 6.83. The van der Waals surface area contributed by atoms with Crippen LogP contribution in [0, 0.1) is 25.7 Å². The van der Waals surface area contributed by atoms with Gasteiger partial charge < -0.3 is 0 Å². The Kier molecular flexibility index (Phi) is 4.34.